The first kappa shape index (κ1) is 17.8. The molecule has 130 valence electrons. The van der Waals surface area contributed by atoms with Crippen LogP contribution in [0.1, 0.15) is 29.6 Å². The number of amides is 1. The molecule has 0 unspecified atom stereocenters. The Morgan fingerprint density at radius 1 is 1.08 bits per heavy atom. The molecule has 0 bridgehead atoms. The standard InChI is InChI=1S/C18H17ClN2O3S/c19-15-12-13(21(23)24)8-9-17(15)25-16-7-3-2-6-14(16)18(22)20-10-4-1-5-11-20/h2-3,6-9,12H,1,4-5,10-11H2. The van der Waals surface area contributed by atoms with Crippen LogP contribution in [0.15, 0.2) is 52.3 Å². The summed E-state index contributed by atoms with van der Waals surface area (Å²) in [7, 11) is 0. The lowest BCUT2D eigenvalue weighted by Gasteiger charge is -2.27. The van der Waals surface area contributed by atoms with Gasteiger partial charge in [-0.1, -0.05) is 35.5 Å². The first-order chi connectivity index (χ1) is 12.1. The first-order valence-electron chi connectivity index (χ1n) is 8.06. The van der Waals surface area contributed by atoms with Crippen molar-refractivity contribution in [2.75, 3.05) is 13.1 Å². The van der Waals surface area contributed by atoms with Gasteiger partial charge >= 0.3 is 0 Å². The fourth-order valence-corrected chi connectivity index (χ4v) is 4.04. The van der Waals surface area contributed by atoms with Crippen LogP contribution in [-0.2, 0) is 0 Å². The Labute approximate surface area is 155 Å². The average molecular weight is 377 g/mol. The molecule has 1 saturated heterocycles. The number of nitro groups is 1. The lowest BCUT2D eigenvalue weighted by Crippen LogP contribution is -2.35. The number of benzene rings is 2. The van der Waals surface area contributed by atoms with Crippen molar-refractivity contribution >= 4 is 35.0 Å². The zero-order chi connectivity index (χ0) is 17.8. The molecule has 25 heavy (non-hydrogen) atoms. The number of hydrogen-bond acceptors (Lipinski definition) is 4. The second kappa shape index (κ2) is 7.89. The van der Waals surface area contributed by atoms with Crippen molar-refractivity contribution in [1.82, 2.24) is 4.90 Å². The quantitative estimate of drug-likeness (QED) is 0.554. The van der Waals surface area contributed by atoms with Crippen LogP contribution in [0.25, 0.3) is 0 Å². The van der Waals surface area contributed by atoms with E-state index in [4.69, 9.17) is 11.6 Å². The summed E-state index contributed by atoms with van der Waals surface area (Å²) in [6.45, 7) is 1.58. The molecule has 0 saturated carbocycles. The molecular weight excluding hydrogens is 360 g/mol. The van der Waals surface area contributed by atoms with E-state index in [-0.39, 0.29) is 11.6 Å². The van der Waals surface area contributed by atoms with Crippen LogP contribution in [0.4, 0.5) is 5.69 Å². The van der Waals surface area contributed by atoms with E-state index in [9.17, 15) is 14.9 Å². The van der Waals surface area contributed by atoms with E-state index in [2.05, 4.69) is 0 Å². The van der Waals surface area contributed by atoms with E-state index in [0.717, 1.165) is 30.8 Å². The highest BCUT2D eigenvalue weighted by atomic mass is 35.5. The number of carbonyl (C=O) groups is 1. The highest BCUT2D eigenvalue weighted by Crippen LogP contribution is 2.37. The molecule has 0 aromatic heterocycles. The van der Waals surface area contributed by atoms with E-state index in [1.54, 1.807) is 6.07 Å². The molecular formula is C18H17ClN2O3S. The summed E-state index contributed by atoms with van der Waals surface area (Å²) in [6, 6.07) is 11.8. The van der Waals surface area contributed by atoms with Crippen molar-refractivity contribution in [2.45, 2.75) is 29.1 Å². The van der Waals surface area contributed by atoms with Gasteiger partial charge in [-0.3, -0.25) is 14.9 Å². The number of nitro benzene ring substituents is 1. The summed E-state index contributed by atoms with van der Waals surface area (Å²) in [5.41, 5.74) is 0.593. The maximum atomic E-state index is 12.8. The first-order valence-corrected chi connectivity index (χ1v) is 9.26. The minimum absolute atomic E-state index is 0.0286. The molecule has 1 amide bonds. The van der Waals surface area contributed by atoms with Gasteiger partial charge in [-0.25, -0.2) is 0 Å². The third-order valence-corrected chi connectivity index (χ3v) is 5.68. The predicted octanol–water partition coefficient (Wildman–Crippen LogP) is 5.03. The third kappa shape index (κ3) is 4.14. The summed E-state index contributed by atoms with van der Waals surface area (Å²) in [5, 5.41) is 11.1. The maximum absolute atomic E-state index is 12.8. The van der Waals surface area contributed by atoms with Crippen molar-refractivity contribution in [1.29, 1.82) is 0 Å². The van der Waals surface area contributed by atoms with E-state index >= 15 is 0 Å². The Morgan fingerprint density at radius 2 is 1.80 bits per heavy atom. The molecule has 0 radical (unpaired) electrons. The smallest absolute Gasteiger partial charge is 0.270 e. The summed E-state index contributed by atoms with van der Waals surface area (Å²) in [5.74, 6) is 0.0286. The van der Waals surface area contributed by atoms with Crippen molar-refractivity contribution in [3.05, 3.63) is 63.2 Å². The fraction of sp³-hybridized carbons (Fsp3) is 0.278. The molecule has 1 aliphatic rings. The van der Waals surface area contributed by atoms with E-state index in [0.29, 0.717) is 15.5 Å². The minimum atomic E-state index is -0.478. The Kier molecular flexibility index (Phi) is 5.60. The number of piperidine rings is 1. The molecule has 0 spiro atoms. The predicted molar refractivity (Wildman–Crippen MR) is 98.4 cm³/mol. The van der Waals surface area contributed by atoms with Crippen LogP contribution in [0.3, 0.4) is 0 Å². The molecule has 3 rings (SSSR count). The topological polar surface area (TPSA) is 63.4 Å². The summed E-state index contributed by atoms with van der Waals surface area (Å²) in [4.78, 5) is 26.6. The van der Waals surface area contributed by atoms with Gasteiger partial charge in [0.1, 0.15) is 0 Å². The van der Waals surface area contributed by atoms with Gasteiger partial charge in [0.2, 0.25) is 0 Å². The Balaban J connectivity index is 1.86. The van der Waals surface area contributed by atoms with Gasteiger partial charge in [0.15, 0.2) is 0 Å². The molecule has 2 aromatic rings. The molecule has 0 N–H and O–H groups in total. The average Bonchev–Trinajstić information content (AvgIpc) is 2.64. The SMILES string of the molecule is O=C(c1ccccc1Sc1ccc([N+](=O)[O-])cc1Cl)N1CCCCC1. The van der Waals surface area contributed by atoms with Gasteiger partial charge in [-0.05, 0) is 37.5 Å². The monoisotopic (exact) mass is 376 g/mol. The summed E-state index contributed by atoms with van der Waals surface area (Å²) < 4.78 is 0. The number of nitrogens with zero attached hydrogens (tertiary/aromatic N) is 2. The van der Waals surface area contributed by atoms with Gasteiger partial charge in [-0.15, -0.1) is 0 Å². The lowest BCUT2D eigenvalue weighted by molar-refractivity contribution is -0.384. The summed E-state index contributed by atoms with van der Waals surface area (Å²) >= 11 is 7.53. The molecule has 1 fully saturated rings. The fourth-order valence-electron chi connectivity index (χ4n) is 2.80. The minimum Gasteiger partial charge on any atom is -0.339 e. The highest BCUT2D eigenvalue weighted by molar-refractivity contribution is 7.99. The van der Waals surface area contributed by atoms with Crippen LogP contribution in [0, 0.1) is 10.1 Å². The maximum Gasteiger partial charge on any atom is 0.270 e. The number of carbonyl (C=O) groups excluding carboxylic acids is 1. The largest absolute Gasteiger partial charge is 0.339 e. The second-order valence-electron chi connectivity index (χ2n) is 5.82. The molecule has 7 heteroatoms. The van der Waals surface area contributed by atoms with Gasteiger partial charge < -0.3 is 4.90 Å². The van der Waals surface area contributed by atoms with Crippen LogP contribution in [0.2, 0.25) is 5.02 Å². The Bertz CT molecular complexity index is 807. The molecule has 0 aliphatic carbocycles. The molecule has 5 nitrogen and oxygen atoms in total. The molecule has 2 aromatic carbocycles. The van der Waals surface area contributed by atoms with Crippen LogP contribution >= 0.6 is 23.4 Å². The Morgan fingerprint density at radius 3 is 2.48 bits per heavy atom. The van der Waals surface area contributed by atoms with Crippen LogP contribution < -0.4 is 0 Å². The van der Waals surface area contributed by atoms with Crippen LogP contribution in [0.5, 0.6) is 0 Å². The van der Waals surface area contributed by atoms with Crippen molar-refractivity contribution in [3.8, 4) is 0 Å². The molecule has 1 aliphatic heterocycles. The van der Waals surface area contributed by atoms with Gasteiger partial charge in [0, 0.05) is 35.0 Å². The lowest BCUT2D eigenvalue weighted by atomic mass is 10.1. The van der Waals surface area contributed by atoms with Gasteiger partial charge in [0.25, 0.3) is 11.6 Å². The number of rotatable bonds is 4. The van der Waals surface area contributed by atoms with E-state index < -0.39 is 4.92 Å². The summed E-state index contributed by atoms with van der Waals surface area (Å²) in [6.07, 6.45) is 3.24. The highest BCUT2D eigenvalue weighted by Gasteiger charge is 2.21. The van der Waals surface area contributed by atoms with E-state index in [1.165, 1.54) is 30.3 Å². The number of likely N-dealkylation sites (tertiary alicyclic amines) is 1. The number of hydrogen-bond donors (Lipinski definition) is 0. The zero-order valence-corrected chi connectivity index (χ0v) is 15.1. The zero-order valence-electron chi connectivity index (χ0n) is 13.5. The van der Waals surface area contributed by atoms with E-state index in [1.807, 2.05) is 29.2 Å². The molecule has 1 heterocycles. The Hall–Kier alpha value is -2.05. The van der Waals surface area contributed by atoms with Crippen LogP contribution in [-0.4, -0.2) is 28.8 Å². The normalized spacial score (nSPS) is 14.4. The van der Waals surface area contributed by atoms with Crippen molar-refractivity contribution < 1.29 is 9.72 Å². The number of halogens is 1. The van der Waals surface area contributed by atoms with Crippen molar-refractivity contribution in [3.63, 3.8) is 0 Å². The number of non-ortho nitro benzene ring substituents is 1. The molecule has 0 atom stereocenters. The van der Waals surface area contributed by atoms with Gasteiger partial charge in [-0.2, -0.15) is 0 Å². The van der Waals surface area contributed by atoms with Gasteiger partial charge in [0.05, 0.1) is 15.5 Å². The van der Waals surface area contributed by atoms with Crippen molar-refractivity contribution in [2.24, 2.45) is 0 Å². The third-order valence-electron chi connectivity index (χ3n) is 4.11. The second-order valence-corrected chi connectivity index (χ2v) is 7.31.